The summed E-state index contributed by atoms with van der Waals surface area (Å²) in [6, 6.07) is 4.87. The molecule has 0 spiro atoms. The fourth-order valence-corrected chi connectivity index (χ4v) is 5.02. The standard InChI is InChI=1S/C25H36N6O5/c1-36-19-10-5-9-18(15-19)28-24(34)30-13-14-31(25(35)27-17-7-3-2-4-8-17)21(16-30)23(33)29-20-11-6-12-26-22(20)32/h5,9-10,15,17,20-21H,2-4,6-8,11-14,16H2,1H3,(H,26,32)(H,27,35)(H,28,34)(H,29,33)/t20-,21+/m0/s1. The Morgan fingerprint density at radius 1 is 1.00 bits per heavy atom. The van der Waals surface area contributed by atoms with E-state index in [1.807, 2.05) is 0 Å². The van der Waals surface area contributed by atoms with Crippen LogP contribution in [0.3, 0.4) is 0 Å². The van der Waals surface area contributed by atoms with E-state index in [4.69, 9.17) is 4.74 Å². The molecule has 2 heterocycles. The topological polar surface area (TPSA) is 132 Å². The van der Waals surface area contributed by atoms with Gasteiger partial charge < -0.3 is 35.8 Å². The van der Waals surface area contributed by atoms with Gasteiger partial charge in [-0.3, -0.25) is 9.59 Å². The second kappa shape index (κ2) is 12.0. The van der Waals surface area contributed by atoms with Crippen molar-refractivity contribution in [2.75, 3.05) is 38.6 Å². The number of carbonyl (C=O) groups excluding carboxylic acids is 4. The zero-order chi connectivity index (χ0) is 25.5. The summed E-state index contributed by atoms with van der Waals surface area (Å²) in [6.07, 6.45) is 6.47. The van der Waals surface area contributed by atoms with Crippen LogP contribution in [0.2, 0.25) is 0 Å². The molecule has 1 aromatic carbocycles. The van der Waals surface area contributed by atoms with E-state index in [2.05, 4.69) is 21.3 Å². The molecule has 3 fully saturated rings. The van der Waals surface area contributed by atoms with Crippen LogP contribution in [-0.2, 0) is 9.59 Å². The summed E-state index contributed by atoms with van der Waals surface area (Å²) in [6.45, 7) is 1.09. The summed E-state index contributed by atoms with van der Waals surface area (Å²) < 4.78 is 5.21. The molecule has 1 aliphatic carbocycles. The van der Waals surface area contributed by atoms with Gasteiger partial charge in [-0.25, -0.2) is 9.59 Å². The zero-order valence-corrected chi connectivity index (χ0v) is 20.8. The van der Waals surface area contributed by atoms with Crippen molar-refractivity contribution in [1.29, 1.82) is 0 Å². The third-order valence-corrected chi connectivity index (χ3v) is 7.09. The number of hydrogen-bond donors (Lipinski definition) is 4. The first-order valence-electron chi connectivity index (χ1n) is 12.8. The molecule has 11 heteroatoms. The number of piperidine rings is 1. The zero-order valence-electron chi connectivity index (χ0n) is 20.8. The van der Waals surface area contributed by atoms with Gasteiger partial charge in [0.1, 0.15) is 17.8 Å². The number of hydrogen-bond acceptors (Lipinski definition) is 5. The first kappa shape index (κ1) is 25.6. The average Bonchev–Trinajstić information content (AvgIpc) is 2.90. The van der Waals surface area contributed by atoms with Crippen molar-refractivity contribution in [2.24, 2.45) is 0 Å². The highest BCUT2D eigenvalue weighted by Gasteiger charge is 2.39. The van der Waals surface area contributed by atoms with Gasteiger partial charge in [0.15, 0.2) is 0 Å². The van der Waals surface area contributed by atoms with Crippen LogP contribution in [0.5, 0.6) is 5.75 Å². The summed E-state index contributed by atoms with van der Waals surface area (Å²) in [7, 11) is 1.55. The second-order valence-electron chi connectivity index (χ2n) is 9.60. The number of carbonyl (C=O) groups is 4. The van der Waals surface area contributed by atoms with E-state index < -0.39 is 18.0 Å². The van der Waals surface area contributed by atoms with Crippen LogP contribution in [0.4, 0.5) is 15.3 Å². The van der Waals surface area contributed by atoms with Crippen molar-refractivity contribution in [3.05, 3.63) is 24.3 Å². The van der Waals surface area contributed by atoms with Crippen molar-refractivity contribution in [2.45, 2.75) is 63.1 Å². The van der Waals surface area contributed by atoms with Crippen molar-refractivity contribution in [3.8, 4) is 5.75 Å². The molecule has 1 saturated carbocycles. The second-order valence-corrected chi connectivity index (χ2v) is 9.60. The molecule has 196 valence electrons. The van der Waals surface area contributed by atoms with E-state index in [9.17, 15) is 19.2 Å². The number of rotatable bonds is 5. The number of methoxy groups -OCH3 is 1. The molecule has 11 nitrogen and oxygen atoms in total. The van der Waals surface area contributed by atoms with E-state index in [1.165, 1.54) is 16.2 Å². The number of amides is 6. The normalized spacial score (nSPS) is 22.9. The van der Waals surface area contributed by atoms with Crippen molar-refractivity contribution in [1.82, 2.24) is 25.8 Å². The molecule has 3 aliphatic rings. The smallest absolute Gasteiger partial charge is 0.321 e. The summed E-state index contributed by atoms with van der Waals surface area (Å²) in [5.41, 5.74) is 0.566. The fraction of sp³-hybridized carbons (Fsp3) is 0.600. The summed E-state index contributed by atoms with van der Waals surface area (Å²) in [5.74, 6) is -0.0500. The van der Waals surface area contributed by atoms with Crippen LogP contribution in [0, 0.1) is 0 Å². The highest BCUT2D eigenvalue weighted by molar-refractivity contribution is 5.94. The first-order valence-corrected chi connectivity index (χ1v) is 12.8. The monoisotopic (exact) mass is 500 g/mol. The lowest BCUT2D eigenvalue weighted by Crippen LogP contribution is -2.65. The first-order chi connectivity index (χ1) is 17.4. The minimum absolute atomic E-state index is 0.0219. The highest BCUT2D eigenvalue weighted by atomic mass is 16.5. The van der Waals surface area contributed by atoms with Crippen LogP contribution in [0.1, 0.15) is 44.9 Å². The molecule has 0 radical (unpaired) electrons. The van der Waals surface area contributed by atoms with Crippen LogP contribution in [0.25, 0.3) is 0 Å². The van der Waals surface area contributed by atoms with Gasteiger partial charge in [-0.1, -0.05) is 25.3 Å². The number of nitrogens with zero attached hydrogens (tertiary/aromatic N) is 2. The van der Waals surface area contributed by atoms with Crippen molar-refractivity contribution in [3.63, 3.8) is 0 Å². The molecule has 2 atom stereocenters. The predicted octanol–water partition coefficient (Wildman–Crippen LogP) is 1.65. The van der Waals surface area contributed by atoms with E-state index in [1.54, 1.807) is 31.4 Å². The molecule has 0 bridgehead atoms. The van der Waals surface area contributed by atoms with Gasteiger partial charge in [0.05, 0.1) is 13.7 Å². The molecule has 36 heavy (non-hydrogen) atoms. The third-order valence-electron chi connectivity index (χ3n) is 7.09. The van der Waals surface area contributed by atoms with Gasteiger partial charge in [0.25, 0.3) is 0 Å². The number of nitrogens with one attached hydrogen (secondary N) is 4. The quantitative estimate of drug-likeness (QED) is 0.488. The Hall–Kier alpha value is -3.50. The van der Waals surface area contributed by atoms with Crippen molar-refractivity contribution < 1.29 is 23.9 Å². The Labute approximate surface area is 211 Å². The third kappa shape index (κ3) is 6.38. The maximum atomic E-state index is 13.3. The van der Waals surface area contributed by atoms with E-state index in [-0.39, 0.29) is 43.6 Å². The van der Waals surface area contributed by atoms with Gasteiger partial charge >= 0.3 is 12.1 Å². The number of anilines is 1. The molecule has 0 unspecified atom stereocenters. The molecule has 2 aliphatic heterocycles. The van der Waals surface area contributed by atoms with Gasteiger partial charge in [0, 0.05) is 37.4 Å². The lowest BCUT2D eigenvalue weighted by molar-refractivity contribution is -0.133. The Kier molecular flexibility index (Phi) is 8.50. The van der Waals surface area contributed by atoms with Gasteiger partial charge in [0.2, 0.25) is 11.8 Å². The van der Waals surface area contributed by atoms with Crippen LogP contribution < -0.4 is 26.0 Å². The number of ether oxygens (including phenoxy) is 1. The molecule has 1 aromatic rings. The molecular formula is C25H36N6O5. The van der Waals surface area contributed by atoms with E-state index >= 15 is 0 Å². The molecule has 2 saturated heterocycles. The molecule has 4 rings (SSSR count). The number of benzene rings is 1. The Morgan fingerprint density at radius 2 is 1.81 bits per heavy atom. The maximum absolute atomic E-state index is 13.3. The largest absolute Gasteiger partial charge is 0.497 e. The number of urea groups is 2. The van der Waals surface area contributed by atoms with E-state index in [0.29, 0.717) is 24.4 Å². The van der Waals surface area contributed by atoms with Crippen LogP contribution in [0.15, 0.2) is 24.3 Å². The lowest BCUT2D eigenvalue weighted by Gasteiger charge is -2.41. The molecule has 6 amide bonds. The van der Waals surface area contributed by atoms with Gasteiger partial charge in [-0.2, -0.15) is 0 Å². The Morgan fingerprint density at radius 3 is 2.56 bits per heavy atom. The van der Waals surface area contributed by atoms with Crippen LogP contribution >= 0.6 is 0 Å². The summed E-state index contributed by atoms with van der Waals surface area (Å²) in [5, 5.41) is 11.5. The summed E-state index contributed by atoms with van der Waals surface area (Å²) >= 11 is 0. The minimum Gasteiger partial charge on any atom is -0.497 e. The fourth-order valence-electron chi connectivity index (χ4n) is 5.02. The SMILES string of the molecule is COc1cccc(NC(=O)N2CCN(C(=O)NC3CCCCC3)[C@@H](C(=O)N[C@H]3CCCNC3=O)C2)c1. The molecule has 0 aromatic heterocycles. The summed E-state index contributed by atoms with van der Waals surface area (Å²) in [4.78, 5) is 54.8. The maximum Gasteiger partial charge on any atom is 0.321 e. The van der Waals surface area contributed by atoms with Crippen LogP contribution in [-0.4, -0.2) is 85.1 Å². The predicted molar refractivity (Wildman–Crippen MR) is 134 cm³/mol. The molecular weight excluding hydrogens is 464 g/mol. The highest BCUT2D eigenvalue weighted by Crippen LogP contribution is 2.20. The Balaban J connectivity index is 1.45. The molecule has 4 N–H and O–H groups in total. The lowest BCUT2D eigenvalue weighted by atomic mass is 9.95. The Bertz CT molecular complexity index is 966. The van der Waals surface area contributed by atoms with E-state index in [0.717, 1.165) is 32.1 Å². The average molecular weight is 501 g/mol. The van der Waals surface area contributed by atoms with Crippen molar-refractivity contribution >= 4 is 29.6 Å². The van der Waals surface area contributed by atoms with Gasteiger partial charge in [-0.05, 0) is 37.8 Å². The van der Waals surface area contributed by atoms with Gasteiger partial charge in [-0.15, -0.1) is 0 Å². The number of piperazine rings is 1. The minimum atomic E-state index is -0.909.